The number of hydrogen-bond acceptors (Lipinski definition) is 5. The van der Waals surface area contributed by atoms with Gasteiger partial charge in [0.2, 0.25) is 0 Å². The molecule has 0 aliphatic heterocycles. The number of esters is 1. The lowest BCUT2D eigenvalue weighted by Gasteiger charge is -2.08. The molecule has 1 amide bonds. The van der Waals surface area contributed by atoms with E-state index < -0.39 is 5.97 Å². The fraction of sp³-hybridized carbons (Fsp3) is 0.190. The number of nitrogens with one attached hydrogen (secondary N) is 1. The molecule has 0 aliphatic carbocycles. The van der Waals surface area contributed by atoms with Crippen LogP contribution in [0.2, 0.25) is 0 Å². The number of amides is 1. The summed E-state index contributed by atoms with van der Waals surface area (Å²) in [5, 5.41) is 3.39. The zero-order valence-corrected chi connectivity index (χ0v) is 16.0. The Morgan fingerprint density at radius 2 is 1.59 bits per heavy atom. The van der Waals surface area contributed by atoms with Crippen LogP contribution in [-0.4, -0.2) is 29.5 Å². The van der Waals surface area contributed by atoms with Gasteiger partial charge in [-0.25, -0.2) is 4.98 Å². The number of thiazole rings is 1. The Kier molecular flexibility index (Phi) is 5.98. The van der Waals surface area contributed by atoms with Crippen molar-refractivity contribution in [3.63, 3.8) is 0 Å². The van der Waals surface area contributed by atoms with Gasteiger partial charge in [-0.05, 0) is 13.8 Å². The van der Waals surface area contributed by atoms with Gasteiger partial charge in [0.15, 0.2) is 0 Å². The van der Waals surface area contributed by atoms with E-state index in [4.69, 9.17) is 4.74 Å². The Balaban J connectivity index is 1.89. The number of benzene rings is 2. The normalized spacial score (nSPS) is 10.6. The monoisotopic (exact) mass is 380 g/mol. The maximum Gasteiger partial charge on any atom is 0.325 e. The topological polar surface area (TPSA) is 68.3 Å². The second-order valence-corrected chi connectivity index (χ2v) is 7.15. The molecule has 3 rings (SSSR count). The molecular weight excluding hydrogens is 360 g/mol. The molecule has 0 bridgehead atoms. The van der Waals surface area contributed by atoms with E-state index in [0.717, 1.165) is 16.1 Å². The van der Waals surface area contributed by atoms with E-state index in [2.05, 4.69) is 10.3 Å². The molecule has 0 spiro atoms. The minimum absolute atomic E-state index is 0.177. The van der Waals surface area contributed by atoms with E-state index in [1.54, 1.807) is 13.8 Å². The van der Waals surface area contributed by atoms with Crippen LogP contribution in [0.5, 0.6) is 0 Å². The molecule has 0 aliphatic rings. The third-order valence-electron chi connectivity index (χ3n) is 3.66. The van der Waals surface area contributed by atoms with E-state index in [-0.39, 0.29) is 18.6 Å². The number of aromatic nitrogens is 1. The summed E-state index contributed by atoms with van der Waals surface area (Å²) in [7, 11) is 0. The van der Waals surface area contributed by atoms with Crippen LogP contribution in [0.4, 0.5) is 0 Å². The summed E-state index contributed by atoms with van der Waals surface area (Å²) in [5.74, 6) is -0.804. The van der Waals surface area contributed by atoms with Crippen LogP contribution in [0.3, 0.4) is 0 Å². The average molecular weight is 380 g/mol. The van der Waals surface area contributed by atoms with Crippen molar-refractivity contribution in [2.45, 2.75) is 20.0 Å². The fourth-order valence-electron chi connectivity index (χ4n) is 2.51. The largest absolute Gasteiger partial charge is 0.462 e. The standard InChI is InChI=1S/C21H20N2O3S/c1-14(2)26-17(24)13-22-20(25)19-18(15-9-5-3-6-10-15)23-21(27-19)16-11-7-4-8-12-16/h3-12,14H,13H2,1-2H3,(H,22,25). The van der Waals surface area contributed by atoms with Gasteiger partial charge in [0.1, 0.15) is 16.4 Å². The summed E-state index contributed by atoms with van der Waals surface area (Å²) in [4.78, 5) is 29.6. The molecule has 138 valence electrons. The number of carbonyl (C=O) groups excluding carboxylic acids is 2. The molecule has 1 N–H and O–H groups in total. The van der Waals surface area contributed by atoms with Crippen molar-refractivity contribution in [3.8, 4) is 21.8 Å². The van der Waals surface area contributed by atoms with Crippen LogP contribution in [0.25, 0.3) is 21.8 Å². The number of hydrogen-bond donors (Lipinski definition) is 1. The summed E-state index contributed by atoms with van der Waals surface area (Å²) in [6.45, 7) is 3.36. The lowest BCUT2D eigenvalue weighted by Crippen LogP contribution is -2.31. The Morgan fingerprint density at radius 3 is 2.19 bits per heavy atom. The highest BCUT2D eigenvalue weighted by atomic mass is 32.1. The first-order valence-electron chi connectivity index (χ1n) is 8.64. The zero-order valence-electron chi connectivity index (χ0n) is 15.1. The summed E-state index contributed by atoms with van der Waals surface area (Å²) in [5.41, 5.74) is 2.40. The maximum absolute atomic E-state index is 12.7. The van der Waals surface area contributed by atoms with Crippen LogP contribution >= 0.6 is 11.3 Å². The molecule has 1 aromatic heterocycles. The molecule has 27 heavy (non-hydrogen) atoms. The predicted octanol–water partition coefficient (Wildman–Crippen LogP) is 4.16. The third-order valence-corrected chi connectivity index (χ3v) is 4.76. The molecular formula is C21H20N2O3S. The Bertz CT molecular complexity index is 921. The van der Waals surface area contributed by atoms with Crippen molar-refractivity contribution in [1.29, 1.82) is 0 Å². The lowest BCUT2D eigenvalue weighted by molar-refractivity contribution is -0.146. The van der Waals surface area contributed by atoms with Gasteiger partial charge < -0.3 is 10.1 Å². The van der Waals surface area contributed by atoms with Gasteiger partial charge in [0, 0.05) is 11.1 Å². The molecule has 0 saturated carbocycles. The molecule has 2 aromatic carbocycles. The van der Waals surface area contributed by atoms with E-state index >= 15 is 0 Å². The van der Waals surface area contributed by atoms with Gasteiger partial charge in [-0.2, -0.15) is 0 Å². The fourth-order valence-corrected chi connectivity index (χ4v) is 3.52. The van der Waals surface area contributed by atoms with Crippen molar-refractivity contribution in [3.05, 3.63) is 65.5 Å². The van der Waals surface area contributed by atoms with Crippen LogP contribution in [0.15, 0.2) is 60.7 Å². The van der Waals surface area contributed by atoms with E-state index in [0.29, 0.717) is 10.6 Å². The van der Waals surface area contributed by atoms with Crippen LogP contribution in [-0.2, 0) is 9.53 Å². The number of carbonyl (C=O) groups is 2. The first-order chi connectivity index (χ1) is 13.0. The van der Waals surface area contributed by atoms with Gasteiger partial charge in [-0.15, -0.1) is 11.3 Å². The van der Waals surface area contributed by atoms with Gasteiger partial charge >= 0.3 is 5.97 Å². The predicted molar refractivity (Wildman–Crippen MR) is 107 cm³/mol. The van der Waals surface area contributed by atoms with Crippen molar-refractivity contribution in [2.24, 2.45) is 0 Å². The summed E-state index contributed by atoms with van der Waals surface area (Å²) >= 11 is 1.31. The molecule has 5 nitrogen and oxygen atoms in total. The van der Waals surface area contributed by atoms with Gasteiger partial charge in [0.05, 0.1) is 11.8 Å². The second-order valence-electron chi connectivity index (χ2n) is 6.15. The van der Waals surface area contributed by atoms with E-state index in [9.17, 15) is 9.59 Å². The van der Waals surface area contributed by atoms with Crippen molar-refractivity contribution < 1.29 is 14.3 Å². The molecule has 6 heteroatoms. The summed E-state index contributed by atoms with van der Waals surface area (Å²) in [6.07, 6.45) is -0.220. The van der Waals surface area contributed by atoms with Crippen LogP contribution in [0.1, 0.15) is 23.5 Å². The van der Waals surface area contributed by atoms with Crippen LogP contribution < -0.4 is 5.32 Å². The quantitative estimate of drug-likeness (QED) is 0.652. The number of ether oxygens (including phenoxy) is 1. The summed E-state index contributed by atoms with van der Waals surface area (Å²) < 4.78 is 5.06. The molecule has 0 radical (unpaired) electrons. The number of nitrogens with zero attached hydrogens (tertiary/aromatic N) is 1. The molecule has 0 fully saturated rings. The molecule has 0 unspecified atom stereocenters. The van der Waals surface area contributed by atoms with Gasteiger partial charge in [-0.1, -0.05) is 60.7 Å². The minimum Gasteiger partial charge on any atom is -0.462 e. The third kappa shape index (κ3) is 4.80. The lowest BCUT2D eigenvalue weighted by atomic mass is 10.1. The van der Waals surface area contributed by atoms with Crippen molar-refractivity contribution >= 4 is 23.2 Å². The molecule has 3 aromatic rings. The van der Waals surface area contributed by atoms with E-state index in [1.165, 1.54) is 11.3 Å². The Hall–Kier alpha value is -2.99. The number of rotatable bonds is 6. The van der Waals surface area contributed by atoms with E-state index in [1.807, 2.05) is 60.7 Å². The smallest absolute Gasteiger partial charge is 0.325 e. The summed E-state index contributed by atoms with van der Waals surface area (Å²) in [6, 6.07) is 19.2. The van der Waals surface area contributed by atoms with Crippen molar-refractivity contribution in [1.82, 2.24) is 10.3 Å². The highest BCUT2D eigenvalue weighted by Crippen LogP contribution is 2.33. The minimum atomic E-state index is -0.465. The first-order valence-corrected chi connectivity index (χ1v) is 9.45. The maximum atomic E-state index is 12.7. The second kappa shape index (κ2) is 8.60. The molecule has 1 heterocycles. The van der Waals surface area contributed by atoms with Gasteiger partial charge in [-0.3, -0.25) is 9.59 Å². The highest BCUT2D eigenvalue weighted by molar-refractivity contribution is 7.17. The first kappa shape index (κ1) is 18.8. The molecule has 0 atom stereocenters. The zero-order chi connectivity index (χ0) is 19.2. The van der Waals surface area contributed by atoms with Crippen molar-refractivity contribution in [2.75, 3.05) is 6.54 Å². The Morgan fingerprint density at radius 1 is 1.00 bits per heavy atom. The average Bonchev–Trinajstić information content (AvgIpc) is 3.12. The van der Waals surface area contributed by atoms with Gasteiger partial charge in [0.25, 0.3) is 5.91 Å². The molecule has 0 saturated heterocycles. The van der Waals surface area contributed by atoms with Crippen LogP contribution in [0, 0.1) is 0 Å². The highest BCUT2D eigenvalue weighted by Gasteiger charge is 2.21. The Labute approximate surface area is 162 Å². The SMILES string of the molecule is CC(C)OC(=O)CNC(=O)c1sc(-c2ccccc2)nc1-c1ccccc1.